The standard InChI is InChI=1S/C27H24N2O4S/c1-33-22-13-15-23(16-14-22)34(31,32)29-17-5-8-20-11-12-21(18-26(20)29)28-27(30)25-10-4-7-19-6-2-3-9-24(19)25/h2-4,6-7,9-16,18H,5,8,17H2,1H3,(H,28,30). The van der Waals surface area contributed by atoms with Crippen molar-refractivity contribution < 1.29 is 17.9 Å². The number of hydrogen-bond donors (Lipinski definition) is 1. The minimum absolute atomic E-state index is 0.200. The third-order valence-corrected chi connectivity index (χ3v) is 7.93. The van der Waals surface area contributed by atoms with Gasteiger partial charge in [-0.2, -0.15) is 0 Å². The van der Waals surface area contributed by atoms with E-state index in [-0.39, 0.29) is 10.8 Å². The minimum Gasteiger partial charge on any atom is -0.497 e. The number of anilines is 2. The van der Waals surface area contributed by atoms with Crippen molar-refractivity contribution in [3.63, 3.8) is 0 Å². The smallest absolute Gasteiger partial charge is 0.264 e. The third-order valence-electron chi connectivity index (χ3n) is 6.10. The summed E-state index contributed by atoms with van der Waals surface area (Å²) in [5, 5.41) is 4.80. The number of nitrogens with one attached hydrogen (secondary N) is 1. The van der Waals surface area contributed by atoms with Gasteiger partial charge in [-0.3, -0.25) is 9.10 Å². The van der Waals surface area contributed by atoms with Gasteiger partial charge in [0.25, 0.3) is 15.9 Å². The van der Waals surface area contributed by atoms with Crippen LogP contribution in [0.4, 0.5) is 11.4 Å². The van der Waals surface area contributed by atoms with Crippen molar-refractivity contribution in [2.24, 2.45) is 0 Å². The first-order chi connectivity index (χ1) is 16.5. The van der Waals surface area contributed by atoms with Gasteiger partial charge in [-0.25, -0.2) is 8.42 Å². The maximum Gasteiger partial charge on any atom is 0.264 e. The molecule has 0 fully saturated rings. The molecule has 34 heavy (non-hydrogen) atoms. The highest BCUT2D eigenvalue weighted by Crippen LogP contribution is 2.35. The Morgan fingerprint density at radius 3 is 2.50 bits per heavy atom. The lowest BCUT2D eigenvalue weighted by Crippen LogP contribution is -2.35. The monoisotopic (exact) mass is 472 g/mol. The van der Waals surface area contributed by atoms with Gasteiger partial charge in [0.1, 0.15) is 5.75 Å². The van der Waals surface area contributed by atoms with Crippen LogP contribution in [-0.2, 0) is 16.4 Å². The highest BCUT2D eigenvalue weighted by molar-refractivity contribution is 7.92. The number of nitrogens with zero attached hydrogens (tertiary/aromatic N) is 1. The zero-order valence-corrected chi connectivity index (χ0v) is 19.5. The van der Waals surface area contributed by atoms with Gasteiger partial charge in [-0.15, -0.1) is 0 Å². The van der Waals surface area contributed by atoms with Crippen molar-refractivity contribution in [1.29, 1.82) is 0 Å². The molecule has 7 heteroatoms. The summed E-state index contributed by atoms with van der Waals surface area (Å²) in [5.41, 5.74) is 2.65. The van der Waals surface area contributed by atoms with Crippen LogP contribution in [0.1, 0.15) is 22.3 Å². The van der Waals surface area contributed by atoms with Crippen molar-refractivity contribution >= 4 is 38.1 Å². The molecule has 1 heterocycles. The SMILES string of the molecule is COc1ccc(S(=O)(=O)N2CCCc3ccc(NC(=O)c4cccc5ccccc45)cc32)cc1. The van der Waals surface area contributed by atoms with Gasteiger partial charge in [-0.1, -0.05) is 42.5 Å². The quantitative estimate of drug-likeness (QED) is 0.431. The van der Waals surface area contributed by atoms with Gasteiger partial charge in [0.05, 0.1) is 17.7 Å². The van der Waals surface area contributed by atoms with Crippen molar-refractivity contribution in [2.75, 3.05) is 23.3 Å². The predicted octanol–water partition coefficient (Wildman–Crippen LogP) is 5.24. The number of sulfonamides is 1. The van der Waals surface area contributed by atoms with Crippen molar-refractivity contribution in [3.05, 3.63) is 96.1 Å². The average molecular weight is 473 g/mol. The zero-order valence-electron chi connectivity index (χ0n) is 18.7. The second-order valence-electron chi connectivity index (χ2n) is 8.18. The topological polar surface area (TPSA) is 75.7 Å². The lowest BCUT2D eigenvalue weighted by atomic mass is 10.0. The van der Waals surface area contributed by atoms with E-state index in [1.165, 1.54) is 4.31 Å². The van der Waals surface area contributed by atoms with Gasteiger partial charge in [-0.05, 0) is 71.6 Å². The molecule has 0 radical (unpaired) electrons. The maximum atomic E-state index is 13.4. The normalized spacial score (nSPS) is 13.4. The fourth-order valence-corrected chi connectivity index (χ4v) is 5.90. The fraction of sp³-hybridized carbons (Fsp3) is 0.148. The van der Waals surface area contributed by atoms with Gasteiger partial charge < -0.3 is 10.1 Å². The lowest BCUT2D eigenvalue weighted by molar-refractivity contribution is 0.102. The van der Waals surface area contributed by atoms with Gasteiger partial charge in [0, 0.05) is 17.8 Å². The zero-order chi connectivity index (χ0) is 23.7. The van der Waals surface area contributed by atoms with E-state index >= 15 is 0 Å². The molecule has 0 saturated carbocycles. The molecule has 6 nitrogen and oxygen atoms in total. The summed E-state index contributed by atoms with van der Waals surface area (Å²) < 4.78 is 33.5. The Balaban J connectivity index is 1.47. The van der Waals surface area contributed by atoms with E-state index in [0.29, 0.717) is 29.2 Å². The highest BCUT2D eigenvalue weighted by Gasteiger charge is 2.29. The van der Waals surface area contributed by atoms with E-state index in [9.17, 15) is 13.2 Å². The van der Waals surface area contributed by atoms with E-state index in [1.54, 1.807) is 43.5 Å². The third kappa shape index (κ3) is 3.99. The molecule has 5 rings (SSSR count). The second kappa shape index (κ2) is 8.83. The van der Waals surface area contributed by atoms with E-state index in [1.807, 2.05) is 48.5 Å². The summed E-state index contributed by atoms with van der Waals surface area (Å²) >= 11 is 0. The number of carbonyl (C=O) groups excluding carboxylic acids is 1. The molecule has 4 aromatic rings. The summed E-state index contributed by atoms with van der Waals surface area (Å²) in [7, 11) is -2.22. The Hall–Kier alpha value is -3.84. The van der Waals surface area contributed by atoms with Crippen LogP contribution in [0.5, 0.6) is 5.75 Å². The Kier molecular flexibility index (Phi) is 5.71. The number of amides is 1. The van der Waals surface area contributed by atoms with Crippen LogP contribution in [0.2, 0.25) is 0 Å². The Labute approximate surface area is 198 Å². The first-order valence-electron chi connectivity index (χ1n) is 11.1. The summed E-state index contributed by atoms with van der Waals surface area (Å²) in [6.07, 6.45) is 1.51. The number of methoxy groups -OCH3 is 1. The fourth-order valence-electron chi connectivity index (χ4n) is 4.37. The molecular formula is C27H24N2O4S. The molecule has 0 saturated heterocycles. The number of hydrogen-bond acceptors (Lipinski definition) is 4. The Bertz CT molecular complexity index is 1480. The van der Waals surface area contributed by atoms with Crippen LogP contribution in [0, 0.1) is 0 Å². The number of fused-ring (bicyclic) bond motifs is 2. The first-order valence-corrected chi connectivity index (χ1v) is 12.5. The van der Waals surface area contributed by atoms with Crippen molar-refractivity contribution in [2.45, 2.75) is 17.7 Å². The molecule has 1 amide bonds. The van der Waals surface area contributed by atoms with Crippen molar-refractivity contribution in [3.8, 4) is 5.75 Å². The van der Waals surface area contributed by atoms with Gasteiger partial charge >= 0.3 is 0 Å². The van der Waals surface area contributed by atoms with Crippen LogP contribution in [0.25, 0.3) is 10.8 Å². The highest BCUT2D eigenvalue weighted by atomic mass is 32.2. The minimum atomic E-state index is -3.76. The molecule has 172 valence electrons. The Morgan fingerprint density at radius 2 is 1.71 bits per heavy atom. The second-order valence-corrected chi connectivity index (χ2v) is 10.0. The molecule has 0 unspecified atom stereocenters. The molecule has 4 aromatic carbocycles. The van der Waals surface area contributed by atoms with Crippen LogP contribution < -0.4 is 14.4 Å². The molecule has 1 aliphatic rings. The number of ether oxygens (including phenoxy) is 1. The van der Waals surface area contributed by atoms with E-state index in [0.717, 1.165) is 29.2 Å². The molecule has 0 bridgehead atoms. The van der Waals surface area contributed by atoms with Crippen molar-refractivity contribution in [1.82, 2.24) is 0 Å². The summed E-state index contributed by atoms with van der Waals surface area (Å²) in [6, 6.07) is 25.2. The number of rotatable bonds is 5. The summed E-state index contributed by atoms with van der Waals surface area (Å²) in [6.45, 7) is 0.377. The number of carbonyl (C=O) groups is 1. The van der Waals surface area contributed by atoms with E-state index in [4.69, 9.17) is 4.74 Å². The largest absolute Gasteiger partial charge is 0.497 e. The van der Waals surface area contributed by atoms with Gasteiger partial charge in [0.15, 0.2) is 0 Å². The maximum absolute atomic E-state index is 13.4. The molecule has 0 spiro atoms. The first kappa shape index (κ1) is 22.0. The van der Waals surface area contributed by atoms with Crippen LogP contribution in [0.15, 0.2) is 89.8 Å². The molecule has 0 atom stereocenters. The summed E-state index contributed by atoms with van der Waals surface area (Å²) in [5.74, 6) is 0.355. The van der Waals surface area contributed by atoms with Crippen LogP contribution in [0.3, 0.4) is 0 Å². The predicted molar refractivity (Wildman–Crippen MR) is 134 cm³/mol. The molecule has 1 aliphatic heterocycles. The summed E-state index contributed by atoms with van der Waals surface area (Å²) in [4.78, 5) is 13.3. The van der Waals surface area contributed by atoms with Crippen LogP contribution >= 0.6 is 0 Å². The number of benzene rings is 4. The van der Waals surface area contributed by atoms with E-state index in [2.05, 4.69) is 5.32 Å². The molecule has 0 aromatic heterocycles. The lowest BCUT2D eigenvalue weighted by Gasteiger charge is -2.31. The van der Waals surface area contributed by atoms with Crippen LogP contribution in [-0.4, -0.2) is 28.0 Å². The van der Waals surface area contributed by atoms with E-state index < -0.39 is 10.0 Å². The Morgan fingerprint density at radius 1 is 0.941 bits per heavy atom. The molecule has 1 N–H and O–H groups in total. The molecule has 0 aliphatic carbocycles. The average Bonchev–Trinajstić information content (AvgIpc) is 2.88. The van der Waals surface area contributed by atoms with Gasteiger partial charge in [0.2, 0.25) is 0 Å². The number of aryl methyl sites for hydroxylation is 1. The molecular weight excluding hydrogens is 448 g/mol.